The number of halogens is 3. The van der Waals surface area contributed by atoms with E-state index >= 15 is 0 Å². The molecule has 0 aliphatic heterocycles. The summed E-state index contributed by atoms with van der Waals surface area (Å²) in [5.74, 6) is 0. The molecular formula is C8H10F3N3O2S. The Balaban J connectivity index is 3.04. The van der Waals surface area contributed by atoms with Crippen molar-refractivity contribution < 1.29 is 21.6 Å². The number of para-hydroxylation sites is 1. The number of nitrogens with one attached hydrogen (secondary N) is 1. The molecule has 1 aromatic carbocycles. The highest BCUT2D eigenvalue weighted by Gasteiger charge is 2.27. The van der Waals surface area contributed by atoms with E-state index in [4.69, 9.17) is 10.9 Å². The number of benzene rings is 1. The molecule has 9 heteroatoms. The minimum absolute atomic E-state index is 0.131. The van der Waals surface area contributed by atoms with E-state index in [1.807, 2.05) is 5.32 Å². The second-order valence-electron chi connectivity index (χ2n) is 3.23. The standard InChI is InChI=1S/C8H10F3N3O2S/c9-8(10,11)4-14-5-2-1-3-6(7(5)12)17(13,15)16/h1-3,14H,4,12H2,(H2,13,15,16). The topological polar surface area (TPSA) is 98.2 Å². The zero-order valence-corrected chi connectivity index (χ0v) is 9.27. The van der Waals surface area contributed by atoms with Gasteiger partial charge in [-0.3, -0.25) is 0 Å². The average Bonchev–Trinajstić information content (AvgIpc) is 2.13. The zero-order chi connectivity index (χ0) is 13.3. The predicted octanol–water partition coefficient (Wildman–Crippen LogP) is 0.890. The van der Waals surface area contributed by atoms with Gasteiger partial charge in [0.2, 0.25) is 10.0 Å². The number of rotatable bonds is 3. The number of sulfonamides is 1. The first-order chi connectivity index (χ1) is 7.61. The van der Waals surface area contributed by atoms with Gasteiger partial charge in [0, 0.05) is 0 Å². The molecule has 0 amide bonds. The molecule has 0 saturated carbocycles. The Morgan fingerprint density at radius 3 is 2.35 bits per heavy atom. The lowest BCUT2D eigenvalue weighted by Gasteiger charge is -2.13. The maximum Gasteiger partial charge on any atom is 0.405 e. The van der Waals surface area contributed by atoms with Crippen molar-refractivity contribution in [2.24, 2.45) is 5.14 Å². The number of alkyl halides is 3. The molecule has 0 bridgehead atoms. The Kier molecular flexibility index (Phi) is 3.53. The molecule has 0 unspecified atom stereocenters. The number of nitrogen functional groups attached to an aromatic ring is 1. The Hall–Kier alpha value is -1.48. The SMILES string of the molecule is Nc1c(NCC(F)(F)F)cccc1S(N)(=O)=O. The van der Waals surface area contributed by atoms with Gasteiger partial charge >= 0.3 is 6.18 Å². The molecule has 0 fully saturated rings. The van der Waals surface area contributed by atoms with Gasteiger partial charge in [0.15, 0.2) is 0 Å². The third kappa shape index (κ3) is 3.79. The van der Waals surface area contributed by atoms with Crippen LogP contribution in [-0.2, 0) is 10.0 Å². The van der Waals surface area contributed by atoms with E-state index in [0.717, 1.165) is 6.07 Å². The molecule has 0 radical (unpaired) electrons. The third-order valence-electron chi connectivity index (χ3n) is 1.85. The Morgan fingerprint density at radius 1 is 1.29 bits per heavy atom. The number of anilines is 2. The van der Waals surface area contributed by atoms with Gasteiger partial charge in [0.25, 0.3) is 0 Å². The van der Waals surface area contributed by atoms with Crippen LogP contribution < -0.4 is 16.2 Å². The normalized spacial score (nSPS) is 12.5. The number of hydrogen-bond acceptors (Lipinski definition) is 4. The van der Waals surface area contributed by atoms with Crippen LogP contribution in [0.4, 0.5) is 24.5 Å². The van der Waals surface area contributed by atoms with Crippen LogP contribution in [0.25, 0.3) is 0 Å². The van der Waals surface area contributed by atoms with Crippen LogP contribution in [0.2, 0.25) is 0 Å². The number of primary sulfonamides is 1. The zero-order valence-electron chi connectivity index (χ0n) is 8.45. The first kappa shape index (κ1) is 13.6. The second-order valence-corrected chi connectivity index (χ2v) is 4.76. The van der Waals surface area contributed by atoms with Crippen molar-refractivity contribution in [3.05, 3.63) is 18.2 Å². The van der Waals surface area contributed by atoms with Gasteiger partial charge in [-0.1, -0.05) is 6.07 Å². The lowest BCUT2D eigenvalue weighted by molar-refractivity contribution is -0.115. The molecule has 1 rings (SSSR count). The Morgan fingerprint density at radius 2 is 1.88 bits per heavy atom. The molecule has 5 N–H and O–H groups in total. The number of nitrogens with two attached hydrogens (primary N) is 2. The first-order valence-corrected chi connectivity index (χ1v) is 5.88. The summed E-state index contributed by atoms with van der Waals surface area (Å²) in [6.45, 7) is -1.31. The summed E-state index contributed by atoms with van der Waals surface area (Å²) < 4.78 is 58.0. The monoisotopic (exact) mass is 269 g/mol. The molecule has 96 valence electrons. The lowest BCUT2D eigenvalue weighted by Crippen LogP contribution is -2.22. The van der Waals surface area contributed by atoms with Crippen LogP contribution in [0.5, 0.6) is 0 Å². The van der Waals surface area contributed by atoms with Crippen molar-refractivity contribution in [2.45, 2.75) is 11.1 Å². The molecular weight excluding hydrogens is 259 g/mol. The smallest absolute Gasteiger partial charge is 0.396 e. The first-order valence-electron chi connectivity index (χ1n) is 4.33. The second kappa shape index (κ2) is 4.41. The highest BCUT2D eigenvalue weighted by Crippen LogP contribution is 2.26. The van der Waals surface area contributed by atoms with Gasteiger partial charge in [-0.25, -0.2) is 13.6 Å². The van der Waals surface area contributed by atoms with Crippen molar-refractivity contribution in [3.8, 4) is 0 Å². The van der Waals surface area contributed by atoms with E-state index < -0.39 is 27.6 Å². The maximum absolute atomic E-state index is 12.0. The van der Waals surface area contributed by atoms with Crippen LogP contribution in [-0.4, -0.2) is 21.1 Å². The fourth-order valence-electron chi connectivity index (χ4n) is 1.14. The van der Waals surface area contributed by atoms with Crippen LogP contribution in [0.15, 0.2) is 23.1 Å². The van der Waals surface area contributed by atoms with Crippen molar-refractivity contribution in [1.82, 2.24) is 0 Å². The summed E-state index contributed by atoms with van der Waals surface area (Å²) in [5, 5.41) is 6.85. The minimum atomic E-state index is -4.43. The molecule has 0 aromatic heterocycles. The molecule has 5 nitrogen and oxygen atoms in total. The molecule has 0 atom stereocenters. The van der Waals surface area contributed by atoms with Gasteiger partial charge < -0.3 is 11.1 Å². The molecule has 0 spiro atoms. The summed E-state index contributed by atoms with van der Waals surface area (Å²) in [4.78, 5) is -0.412. The third-order valence-corrected chi connectivity index (χ3v) is 2.82. The van der Waals surface area contributed by atoms with E-state index in [2.05, 4.69) is 0 Å². The van der Waals surface area contributed by atoms with Gasteiger partial charge in [-0.2, -0.15) is 13.2 Å². The minimum Gasteiger partial charge on any atom is -0.396 e. The van der Waals surface area contributed by atoms with Crippen LogP contribution >= 0.6 is 0 Å². The quantitative estimate of drug-likeness (QED) is 0.710. The highest BCUT2D eigenvalue weighted by atomic mass is 32.2. The Bertz CT molecular complexity index is 513. The summed E-state index contributed by atoms with van der Waals surface area (Å²) in [6, 6.07) is 3.59. The molecule has 1 aromatic rings. The van der Waals surface area contributed by atoms with Crippen molar-refractivity contribution in [3.63, 3.8) is 0 Å². The van der Waals surface area contributed by atoms with Crippen molar-refractivity contribution in [1.29, 1.82) is 0 Å². The molecule has 0 heterocycles. The molecule has 0 saturated heterocycles. The van der Waals surface area contributed by atoms with Gasteiger partial charge in [-0.15, -0.1) is 0 Å². The Labute approximate surface area is 95.6 Å². The van der Waals surface area contributed by atoms with Crippen LogP contribution in [0.3, 0.4) is 0 Å². The van der Waals surface area contributed by atoms with Crippen LogP contribution in [0, 0.1) is 0 Å². The van der Waals surface area contributed by atoms with E-state index in [1.165, 1.54) is 12.1 Å². The van der Waals surface area contributed by atoms with E-state index in [1.54, 1.807) is 0 Å². The molecule has 0 aliphatic rings. The van der Waals surface area contributed by atoms with E-state index in [9.17, 15) is 21.6 Å². The summed E-state index contributed by atoms with van der Waals surface area (Å²) in [7, 11) is -4.06. The summed E-state index contributed by atoms with van der Waals surface area (Å²) in [6.07, 6.45) is -4.43. The van der Waals surface area contributed by atoms with Gasteiger partial charge in [0.1, 0.15) is 11.4 Å². The predicted molar refractivity (Wildman–Crippen MR) is 56.8 cm³/mol. The van der Waals surface area contributed by atoms with Gasteiger partial charge in [-0.05, 0) is 12.1 Å². The average molecular weight is 269 g/mol. The summed E-state index contributed by atoms with van der Waals surface area (Å²) in [5.41, 5.74) is 4.95. The molecule has 0 aliphatic carbocycles. The maximum atomic E-state index is 12.0. The highest BCUT2D eigenvalue weighted by molar-refractivity contribution is 7.89. The lowest BCUT2D eigenvalue weighted by atomic mass is 10.2. The fraction of sp³-hybridized carbons (Fsp3) is 0.250. The summed E-state index contributed by atoms with van der Waals surface area (Å²) >= 11 is 0. The van der Waals surface area contributed by atoms with Crippen molar-refractivity contribution in [2.75, 3.05) is 17.6 Å². The van der Waals surface area contributed by atoms with E-state index in [0.29, 0.717) is 0 Å². The largest absolute Gasteiger partial charge is 0.405 e. The van der Waals surface area contributed by atoms with Crippen LogP contribution in [0.1, 0.15) is 0 Å². The van der Waals surface area contributed by atoms with Crippen molar-refractivity contribution >= 4 is 21.4 Å². The fourth-order valence-corrected chi connectivity index (χ4v) is 1.83. The van der Waals surface area contributed by atoms with E-state index in [-0.39, 0.29) is 11.4 Å². The molecule has 17 heavy (non-hydrogen) atoms. The number of hydrogen-bond donors (Lipinski definition) is 3. The van der Waals surface area contributed by atoms with Gasteiger partial charge in [0.05, 0.1) is 11.4 Å².